The molecule has 3 heterocycles. The molecule has 5 heteroatoms. The van der Waals surface area contributed by atoms with Crippen LogP contribution in [0.15, 0.2) is 128 Å². The molecule has 0 aliphatic heterocycles. The summed E-state index contributed by atoms with van der Waals surface area (Å²) in [5, 5.41) is 6.56. The van der Waals surface area contributed by atoms with Crippen molar-refractivity contribution in [1.82, 2.24) is 24.5 Å². The van der Waals surface area contributed by atoms with Gasteiger partial charge in [0.05, 0.1) is 11.0 Å². The molecule has 5 nitrogen and oxygen atoms in total. The summed E-state index contributed by atoms with van der Waals surface area (Å²) in [6, 6.07) is 40.5. The van der Waals surface area contributed by atoms with Crippen LogP contribution < -0.4 is 0 Å². The fourth-order valence-electron chi connectivity index (χ4n) is 7.11. The van der Waals surface area contributed by atoms with E-state index in [4.69, 9.17) is 19.9 Å². The first-order valence-corrected chi connectivity index (χ1v) is 14.9. The molecule has 0 fully saturated rings. The van der Waals surface area contributed by atoms with Crippen molar-refractivity contribution in [3.05, 3.63) is 139 Å². The SMILES string of the molecule is c1ccc(-c2ncc3c4ccccc4c4cnc(-n5c6ccccc6c6cc7c(cc65)-c5ccccc5C7)nc4c3n2)cc1. The van der Waals surface area contributed by atoms with Crippen molar-refractivity contribution >= 4 is 54.4 Å². The molecule has 204 valence electrons. The van der Waals surface area contributed by atoms with Crippen LogP contribution in [0.4, 0.5) is 0 Å². The maximum Gasteiger partial charge on any atom is 0.235 e. The molecule has 0 bridgehead atoms. The average molecular weight is 562 g/mol. The minimum absolute atomic E-state index is 0.631. The van der Waals surface area contributed by atoms with Crippen molar-refractivity contribution in [1.29, 1.82) is 0 Å². The Labute approximate surface area is 252 Å². The van der Waals surface area contributed by atoms with Gasteiger partial charge in [0.1, 0.15) is 11.0 Å². The van der Waals surface area contributed by atoms with Crippen molar-refractivity contribution in [3.63, 3.8) is 0 Å². The molecule has 0 atom stereocenters. The lowest BCUT2D eigenvalue weighted by Crippen LogP contribution is -2.02. The van der Waals surface area contributed by atoms with Gasteiger partial charge in [0.2, 0.25) is 5.95 Å². The van der Waals surface area contributed by atoms with Crippen molar-refractivity contribution in [2.24, 2.45) is 0 Å². The monoisotopic (exact) mass is 561 g/mol. The van der Waals surface area contributed by atoms with Crippen LogP contribution in [0.3, 0.4) is 0 Å². The normalized spacial score (nSPS) is 12.5. The number of benzene rings is 6. The fourth-order valence-corrected chi connectivity index (χ4v) is 7.11. The van der Waals surface area contributed by atoms with E-state index >= 15 is 0 Å². The van der Waals surface area contributed by atoms with Crippen LogP contribution in [-0.4, -0.2) is 24.5 Å². The van der Waals surface area contributed by atoms with Gasteiger partial charge >= 0.3 is 0 Å². The Kier molecular flexibility index (Phi) is 4.71. The first kappa shape index (κ1) is 23.6. The molecule has 1 aliphatic rings. The molecule has 3 aromatic heterocycles. The van der Waals surface area contributed by atoms with E-state index in [-0.39, 0.29) is 0 Å². The van der Waals surface area contributed by atoms with Gasteiger partial charge in [-0.2, -0.15) is 0 Å². The third-order valence-corrected chi connectivity index (χ3v) is 9.11. The molecule has 9 aromatic rings. The zero-order valence-corrected chi connectivity index (χ0v) is 23.6. The van der Waals surface area contributed by atoms with Crippen LogP contribution in [0, 0.1) is 0 Å². The zero-order chi connectivity index (χ0) is 28.8. The van der Waals surface area contributed by atoms with E-state index in [9.17, 15) is 0 Å². The van der Waals surface area contributed by atoms with Crippen LogP contribution in [0.25, 0.3) is 82.8 Å². The van der Waals surface area contributed by atoms with Crippen molar-refractivity contribution in [2.45, 2.75) is 6.42 Å². The Bertz CT molecular complexity index is 2640. The number of fused-ring (bicyclic) bond motifs is 12. The smallest absolute Gasteiger partial charge is 0.235 e. The third-order valence-electron chi connectivity index (χ3n) is 9.11. The summed E-state index contributed by atoms with van der Waals surface area (Å²) in [6.07, 6.45) is 4.86. The van der Waals surface area contributed by atoms with Crippen LogP contribution in [-0.2, 0) is 6.42 Å². The second kappa shape index (κ2) is 8.79. The molecule has 0 N–H and O–H groups in total. The van der Waals surface area contributed by atoms with Gasteiger partial charge in [-0.15, -0.1) is 0 Å². The van der Waals surface area contributed by atoms with Gasteiger partial charge in [0.15, 0.2) is 5.82 Å². The van der Waals surface area contributed by atoms with Gasteiger partial charge in [-0.3, -0.25) is 4.57 Å². The Hall–Kier alpha value is -5.94. The summed E-state index contributed by atoms with van der Waals surface area (Å²) >= 11 is 0. The number of para-hydroxylation sites is 1. The molecule has 44 heavy (non-hydrogen) atoms. The highest BCUT2D eigenvalue weighted by molar-refractivity contribution is 6.23. The van der Waals surface area contributed by atoms with Gasteiger partial charge in [-0.05, 0) is 57.6 Å². The lowest BCUT2D eigenvalue weighted by Gasteiger charge is -2.12. The lowest BCUT2D eigenvalue weighted by atomic mass is 10.0. The summed E-state index contributed by atoms with van der Waals surface area (Å²) in [5.74, 6) is 1.31. The predicted molar refractivity (Wildman–Crippen MR) is 178 cm³/mol. The third kappa shape index (κ3) is 3.23. The Morgan fingerprint density at radius 2 is 1.16 bits per heavy atom. The minimum atomic E-state index is 0.631. The fraction of sp³-hybridized carbons (Fsp3) is 0.0256. The van der Waals surface area contributed by atoms with Gasteiger partial charge in [0.25, 0.3) is 0 Å². The number of hydrogen-bond donors (Lipinski definition) is 0. The van der Waals surface area contributed by atoms with E-state index in [2.05, 4.69) is 89.5 Å². The number of hydrogen-bond acceptors (Lipinski definition) is 4. The van der Waals surface area contributed by atoms with Crippen LogP contribution in [0.5, 0.6) is 0 Å². The molecular weight excluding hydrogens is 538 g/mol. The van der Waals surface area contributed by atoms with E-state index in [1.807, 2.05) is 42.7 Å². The topological polar surface area (TPSA) is 56.5 Å². The molecule has 0 amide bonds. The molecule has 0 unspecified atom stereocenters. The summed E-state index contributed by atoms with van der Waals surface area (Å²) in [5.41, 5.74) is 10.1. The summed E-state index contributed by atoms with van der Waals surface area (Å²) < 4.78 is 2.21. The van der Waals surface area contributed by atoms with Gasteiger partial charge in [-0.1, -0.05) is 97.1 Å². The Morgan fingerprint density at radius 1 is 0.477 bits per heavy atom. The molecule has 0 radical (unpaired) electrons. The molecule has 1 aliphatic carbocycles. The molecule has 6 aromatic carbocycles. The van der Waals surface area contributed by atoms with Crippen molar-refractivity contribution in [2.75, 3.05) is 0 Å². The predicted octanol–water partition coefficient (Wildman–Crippen LogP) is 9.06. The zero-order valence-electron chi connectivity index (χ0n) is 23.6. The van der Waals surface area contributed by atoms with Crippen molar-refractivity contribution in [3.8, 4) is 28.5 Å². The first-order valence-electron chi connectivity index (χ1n) is 14.9. The van der Waals surface area contributed by atoms with E-state index in [1.54, 1.807) is 0 Å². The second-order valence-electron chi connectivity index (χ2n) is 11.5. The van der Waals surface area contributed by atoms with Crippen LogP contribution in [0.2, 0.25) is 0 Å². The molecule has 10 rings (SSSR count). The second-order valence-corrected chi connectivity index (χ2v) is 11.5. The number of nitrogens with zero attached hydrogens (tertiary/aromatic N) is 5. The minimum Gasteiger partial charge on any atom is -0.278 e. The Balaban J connectivity index is 1.30. The average Bonchev–Trinajstić information content (AvgIpc) is 3.62. The summed E-state index contributed by atoms with van der Waals surface area (Å²) in [7, 11) is 0. The van der Waals surface area contributed by atoms with E-state index in [0.29, 0.717) is 11.8 Å². The summed E-state index contributed by atoms with van der Waals surface area (Å²) in [4.78, 5) is 20.3. The first-order chi connectivity index (χ1) is 21.8. The molecule has 0 spiro atoms. The van der Waals surface area contributed by atoms with Gasteiger partial charge < -0.3 is 0 Å². The quantitative estimate of drug-likeness (QED) is 0.198. The molecule has 0 saturated heterocycles. The maximum absolute atomic E-state index is 5.33. The molecule has 0 saturated carbocycles. The standard InChI is InChI=1S/C39H23N5/c1-2-10-23(11-3-1)38-40-21-32-27-14-6-7-15-28(27)33-22-41-39(43-37(33)36(32)42-38)44-34-17-9-8-16-29(34)31-19-25-18-24-12-4-5-13-26(24)30(25)20-35(31)44/h1-17,19-22H,18H2. The Morgan fingerprint density at radius 3 is 2.00 bits per heavy atom. The maximum atomic E-state index is 5.33. The highest BCUT2D eigenvalue weighted by atomic mass is 15.2. The van der Waals surface area contributed by atoms with Gasteiger partial charge in [0, 0.05) is 39.5 Å². The highest BCUT2D eigenvalue weighted by Crippen LogP contribution is 2.42. The number of aromatic nitrogens is 5. The van der Waals surface area contributed by atoms with E-state index in [1.165, 1.54) is 33.0 Å². The van der Waals surface area contributed by atoms with Crippen molar-refractivity contribution < 1.29 is 0 Å². The van der Waals surface area contributed by atoms with Gasteiger partial charge in [-0.25, -0.2) is 19.9 Å². The van der Waals surface area contributed by atoms with Crippen LogP contribution >= 0.6 is 0 Å². The van der Waals surface area contributed by atoms with E-state index < -0.39 is 0 Å². The lowest BCUT2D eigenvalue weighted by molar-refractivity contribution is 1.01. The van der Waals surface area contributed by atoms with E-state index in [0.717, 1.165) is 55.6 Å². The summed E-state index contributed by atoms with van der Waals surface area (Å²) in [6.45, 7) is 0. The number of rotatable bonds is 2. The molecular formula is C39H23N5. The largest absolute Gasteiger partial charge is 0.278 e. The highest BCUT2D eigenvalue weighted by Gasteiger charge is 2.23. The van der Waals surface area contributed by atoms with Crippen LogP contribution in [0.1, 0.15) is 11.1 Å².